The largest absolute Gasteiger partial charge is 0.299 e. The van der Waals surface area contributed by atoms with Crippen LogP contribution in [0, 0.1) is 0 Å². The predicted octanol–water partition coefficient (Wildman–Crippen LogP) is 4.61. The fraction of sp³-hybridized carbons (Fsp3) is 0.250. The van der Waals surface area contributed by atoms with E-state index in [9.17, 15) is 4.79 Å². The highest BCUT2D eigenvalue weighted by molar-refractivity contribution is 6.10. The third kappa shape index (κ3) is 1.88. The molecule has 0 unspecified atom stereocenters. The molecule has 1 nitrogen and oxygen atoms in total. The first kappa shape index (κ1) is 12.6. The first-order chi connectivity index (χ1) is 10.3. The Morgan fingerprint density at radius 1 is 0.857 bits per heavy atom. The van der Waals surface area contributed by atoms with Crippen LogP contribution >= 0.6 is 0 Å². The number of rotatable bonds is 1. The summed E-state index contributed by atoms with van der Waals surface area (Å²) in [5.41, 5.74) is 4.02. The Bertz CT molecular complexity index is 874. The molecule has 0 fully saturated rings. The molecule has 4 rings (SSSR count). The van der Waals surface area contributed by atoms with Crippen LogP contribution in [0.15, 0.2) is 42.5 Å². The number of ketones is 1. The van der Waals surface area contributed by atoms with Crippen molar-refractivity contribution in [2.45, 2.75) is 32.6 Å². The summed E-state index contributed by atoms with van der Waals surface area (Å²) in [5, 5.41) is 5.36. The van der Waals surface area contributed by atoms with Gasteiger partial charge in [-0.15, -0.1) is 0 Å². The monoisotopic (exact) mass is 274 g/mol. The molecule has 0 heterocycles. The van der Waals surface area contributed by atoms with Crippen LogP contribution in [0.1, 0.15) is 30.0 Å². The number of Topliss-reactive ketones (excluding diaryl/α,β-unsaturated/α-hetero) is 1. The van der Waals surface area contributed by atoms with Gasteiger partial charge in [0.1, 0.15) is 5.78 Å². The zero-order valence-corrected chi connectivity index (χ0v) is 12.3. The van der Waals surface area contributed by atoms with E-state index >= 15 is 0 Å². The lowest BCUT2D eigenvalue weighted by molar-refractivity contribution is -0.118. The third-order valence-corrected chi connectivity index (χ3v) is 4.78. The van der Waals surface area contributed by atoms with Gasteiger partial charge in [-0.1, -0.05) is 49.4 Å². The van der Waals surface area contributed by atoms with Crippen molar-refractivity contribution in [3.05, 3.63) is 59.2 Å². The van der Waals surface area contributed by atoms with Crippen molar-refractivity contribution < 1.29 is 4.79 Å². The second kappa shape index (κ2) is 4.70. The lowest BCUT2D eigenvalue weighted by Crippen LogP contribution is -2.13. The van der Waals surface area contributed by atoms with Crippen LogP contribution in [0.4, 0.5) is 0 Å². The first-order valence-corrected chi connectivity index (χ1v) is 7.74. The molecule has 1 aliphatic rings. The van der Waals surface area contributed by atoms with E-state index in [1.54, 1.807) is 0 Å². The Balaban J connectivity index is 2.07. The van der Waals surface area contributed by atoms with E-state index in [2.05, 4.69) is 49.4 Å². The minimum Gasteiger partial charge on any atom is -0.299 e. The number of hydrogen-bond donors (Lipinski definition) is 0. The molecule has 0 N–H and O–H groups in total. The molecule has 0 aliphatic heterocycles. The van der Waals surface area contributed by atoms with E-state index < -0.39 is 0 Å². The van der Waals surface area contributed by atoms with Crippen molar-refractivity contribution in [2.75, 3.05) is 0 Å². The zero-order chi connectivity index (χ0) is 14.4. The zero-order valence-electron chi connectivity index (χ0n) is 12.3. The molecule has 0 saturated carbocycles. The van der Waals surface area contributed by atoms with Gasteiger partial charge >= 0.3 is 0 Å². The lowest BCUT2D eigenvalue weighted by atomic mass is 9.85. The number of benzene rings is 3. The quantitative estimate of drug-likeness (QED) is 0.592. The lowest BCUT2D eigenvalue weighted by Gasteiger charge is -2.18. The maximum absolute atomic E-state index is 11.7. The van der Waals surface area contributed by atoms with Crippen LogP contribution < -0.4 is 0 Å². The number of aryl methyl sites for hydroxylation is 2. The van der Waals surface area contributed by atoms with Crippen LogP contribution in [-0.4, -0.2) is 5.78 Å². The van der Waals surface area contributed by atoms with Gasteiger partial charge in [-0.25, -0.2) is 0 Å². The SMILES string of the molecule is CCc1cccc2c1ccc1c3c(ccc12)CC(=O)CC3. The Morgan fingerprint density at radius 2 is 1.62 bits per heavy atom. The molecule has 1 heteroatoms. The standard InChI is InChI=1S/C20H18O/c1-2-13-4-3-5-18-16(13)10-11-19-17-9-7-15(21)12-14(17)6-8-20(18)19/h3-6,8,10-11H,2,7,9,12H2,1H3. The molecular formula is C20H18O. The van der Waals surface area contributed by atoms with Crippen molar-refractivity contribution in [2.24, 2.45) is 0 Å². The summed E-state index contributed by atoms with van der Waals surface area (Å²) in [6.07, 6.45) is 3.25. The van der Waals surface area contributed by atoms with E-state index in [-0.39, 0.29) is 0 Å². The number of fused-ring (bicyclic) bond motifs is 5. The molecule has 0 atom stereocenters. The van der Waals surface area contributed by atoms with Gasteiger partial charge < -0.3 is 0 Å². The maximum atomic E-state index is 11.7. The molecule has 0 amide bonds. The van der Waals surface area contributed by atoms with Crippen LogP contribution in [-0.2, 0) is 24.1 Å². The van der Waals surface area contributed by atoms with Crippen molar-refractivity contribution in [1.29, 1.82) is 0 Å². The van der Waals surface area contributed by atoms with Gasteiger partial charge in [0.05, 0.1) is 0 Å². The van der Waals surface area contributed by atoms with Crippen LogP contribution in [0.25, 0.3) is 21.5 Å². The predicted molar refractivity (Wildman–Crippen MR) is 87.9 cm³/mol. The second-order valence-corrected chi connectivity index (χ2v) is 5.95. The molecule has 3 aromatic carbocycles. The Morgan fingerprint density at radius 3 is 2.48 bits per heavy atom. The van der Waals surface area contributed by atoms with Gasteiger partial charge in [0, 0.05) is 12.8 Å². The number of carbonyl (C=O) groups is 1. The summed E-state index contributed by atoms with van der Waals surface area (Å²) < 4.78 is 0. The van der Waals surface area contributed by atoms with E-state index in [4.69, 9.17) is 0 Å². The molecule has 0 aromatic heterocycles. The van der Waals surface area contributed by atoms with E-state index in [0.29, 0.717) is 18.6 Å². The topological polar surface area (TPSA) is 17.1 Å². The smallest absolute Gasteiger partial charge is 0.137 e. The summed E-state index contributed by atoms with van der Waals surface area (Å²) in [6.45, 7) is 2.21. The molecule has 0 saturated heterocycles. The molecule has 104 valence electrons. The second-order valence-electron chi connectivity index (χ2n) is 5.95. The van der Waals surface area contributed by atoms with Gasteiger partial charge in [-0.05, 0) is 51.1 Å². The molecule has 0 bridgehead atoms. The molecule has 21 heavy (non-hydrogen) atoms. The van der Waals surface area contributed by atoms with Gasteiger partial charge in [0.2, 0.25) is 0 Å². The molecular weight excluding hydrogens is 256 g/mol. The Hall–Kier alpha value is -2.15. The van der Waals surface area contributed by atoms with E-state index in [0.717, 1.165) is 12.8 Å². The highest BCUT2D eigenvalue weighted by Crippen LogP contribution is 2.33. The van der Waals surface area contributed by atoms with Crippen LogP contribution in [0.2, 0.25) is 0 Å². The van der Waals surface area contributed by atoms with Crippen molar-refractivity contribution in [1.82, 2.24) is 0 Å². The Kier molecular flexibility index (Phi) is 2.81. The highest BCUT2D eigenvalue weighted by atomic mass is 16.1. The van der Waals surface area contributed by atoms with Gasteiger partial charge in [-0.2, -0.15) is 0 Å². The number of carbonyl (C=O) groups excluding carboxylic acids is 1. The maximum Gasteiger partial charge on any atom is 0.137 e. The normalized spacial score (nSPS) is 14.6. The molecule has 3 aromatic rings. The van der Waals surface area contributed by atoms with Crippen LogP contribution in [0.5, 0.6) is 0 Å². The summed E-state index contributed by atoms with van der Waals surface area (Å²) >= 11 is 0. The summed E-state index contributed by atoms with van der Waals surface area (Å²) in [6, 6.07) is 15.5. The summed E-state index contributed by atoms with van der Waals surface area (Å²) in [5.74, 6) is 0.371. The Labute approximate surface area is 124 Å². The first-order valence-electron chi connectivity index (χ1n) is 7.74. The fourth-order valence-corrected chi connectivity index (χ4v) is 3.68. The minimum absolute atomic E-state index is 0.371. The van der Waals surface area contributed by atoms with Gasteiger partial charge in [-0.3, -0.25) is 4.79 Å². The van der Waals surface area contributed by atoms with Crippen molar-refractivity contribution >= 4 is 27.3 Å². The molecule has 1 aliphatic carbocycles. The van der Waals surface area contributed by atoms with Crippen LogP contribution in [0.3, 0.4) is 0 Å². The highest BCUT2D eigenvalue weighted by Gasteiger charge is 2.18. The molecule has 0 radical (unpaired) electrons. The van der Waals surface area contributed by atoms with Crippen molar-refractivity contribution in [3.8, 4) is 0 Å². The fourth-order valence-electron chi connectivity index (χ4n) is 3.68. The minimum atomic E-state index is 0.371. The third-order valence-electron chi connectivity index (χ3n) is 4.78. The van der Waals surface area contributed by atoms with Crippen molar-refractivity contribution in [3.63, 3.8) is 0 Å². The van der Waals surface area contributed by atoms with E-state index in [1.807, 2.05) is 0 Å². The van der Waals surface area contributed by atoms with Gasteiger partial charge in [0.25, 0.3) is 0 Å². The number of hydrogen-bond acceptors (Lipinski definition) is 1. The average Bonchev–Trinajstić information content (AvgIpc) is 2.53. The summed E-state index contributed by atoms with van der Waals surface area (Å²) in [4.78, 5) is 11.7. The average molecular weight is 274 g/mol. The summed E-state index contributed by atoms with van der Waals surface area (Å²) in [7, 11) is 0. The van der Waals surface area contributed by atoms with Gasteiger partial charge in [0.15, 0.2) is 0 Å². The molecule has 0 spiro atoms. The van der Waals surface area contributed by atoms with E-state index in [1.165, 1.54) is 38.2 Å².